The lowest BCUT2D eigenvalue weighted by Gasteiger charge is -2.39. The Labute approximate surface area is 190 Å². The molecular formula is C28H55N2+. The summed E-state index contributed by atoms with van der Waals surface area (Å²) in [4.78, 5) is 0. The molecular weight excluding hydrogens is 364 g/mol. The molecule has 0 aliphatic heterocycles. The summed E-state index contributed by atoms with van der Waals surface area (Å²) in [6.07, 6.45) is 27.0. The van der Waals surface area contributed by atoms with E-state index in [9.17, 15) is 0 Å². The Morgan fingerprint density at radius 2 is 0.833 bits per heavy atom. The van der Waals surface area contributed by atoms with Crippen molar-refractivity contribution in [1.29, 1.82) is 0 Å². The van der Waals surface area contributed by atoms with Crippen molar-refractivity contribution in [2.75, 3.05) is 26.2 Å². The van der Waals surface area contributed by atoms with Gasteiger partial charge in [0.05, 0.1) is 26.2 Å². The van der Waals surface area contributed by atoms with Crippen LogP contribution in [-0.4, -0.2) is 35.2 Å². The number of hydrogen-bond donors (Lipinski definition) is 0. The van der Waals surface area contributed by atoms with Crippen LogP contribution < -0.4 is 0 Å². The predicted octanol–water partition coefficient (Wildman–Crippen LogP) is 8.61. The quantitative estimate of drug-likeness (QED) is 0.131. The fourth-order valence-electron chi connectivity index (χ4n) is 4.83. The van der Waals surface area contributed by atoms with Crippen molar-refractivity contribution in [3.05, 3.63) is 24.5 Å². The van der Waals surface area contributed by atoms with E-state index in [4.69, 9.17) is 0 Å². The number of quaternary nitrogens is 1. The number of unbranched alkanes of at least 4 members (excludes halogenated alkanes) is 12. The van der Waals surface area contributed by atoms with Crippen LogP contribution in [0.1, 0.15) is 124 Å². The molecule has 0 saturated carbocycles. The van der Waals surface area contributed by atoms with Gasteiger partial charge in [-0.05, 0) is 50.7 Å². The van der Waals surface area contributed by atoms with Gasteiger partial charge < -0.3 is 9.05 Å². The summed E-state index contributed by atoms with van der Waals surface area (Å²) in [7, 11) is 0. The maximum Gasteiger partial charge on any atom is 0.0786 e. The van der Waals surface area contributed by atoms with Crippen molar-refractivity contribution >= 4 is 0 Å². The van der Waals surface area contributed by atoms with Gasteiger partial charge in [0.15, 0.2) is 0 Å². The van der Waals surface area contributed by atoms with Gasteiger partial charge in [-0.1, -0.05) is 85.0 Å². The van der Waals surface area contributed by atoms with E-state index in [0.717, 1.165) is 0 Å². The zero-order chi connectivity index (χ0) is 21.8. The van der Waals surface area contributed by atoms with Crippen molar-refractivity contribution in [3.63, 3.8) is 0 Å². The largest absolute Gasteiger partial charge is 0.354 e. The minimum atomic E-state index is 1.20. The Bertz CT molecular complexity index is 429. The molecule has 2 nitrogen and oxygen atoms in total. The second-order valence-electron chi connectivity index (χ2n) is 9.75. The minimum Gasteiger partial charge on any atom is -0.354 e. The first-order chi connectivity index (χ1) is 14.8. The van der Waals surface area contributed by atoms with E-state index >= 15 is 0 Å². The van der Waals surface area contributed by atoms with E-state index in [-0.39, 0.29) is 0 Å². The molecule has 176 valence electrons. The normalized spacial score (nSPS) is 12.0. The Morgan fingerprint density at radius 1 is 0.467 bits per heavy atom. The van der Waals surface area contributed by atoms with E-state index < -0.39 is 0 Å². The second-order valence-corrected chi connectivity index (χ2v) is 9.75. The number of aryl methyl sites for hydroxylation is 1. The van der Waals surface area contributed by atoms with Gasteiger partial charge in [-0.15, -0.1) is 0 Å². The Kier molecular flexibility index (Phi) is 17.2. The Balaban J connectivity index is 2.06. The van der Waals surface area contributed by atoms with Crippen LogP contribution in [-0.2, 0) is 6.54 Å². The maximum absolute atomic E-state index is 2.36. The third-order valence-corrected chi connectivity index (χ3v) is 6.92. The fourth-order valence-corrected chi connectivity index (χ4v) is 4.83. The highest BCUT2D eigenvalue weighted by Gasteiger charge is 2.24. The molecule has 0 atom stereocenters. The summed E-state index contributed by atoms with van der Waals surface area (Å²) >= 11 is 0. The Hall–Kier alpha value is -0.760. The van der Waals surface area contributed by atoms with Crippen molar-refractivity contribution < 1.29 is 4.48 Å². The summed E-state index contributed by atoms with van der Waals surface area (Å²) in [6, 6.07) is 4.25. The number of rotatable bonds is 22. The summed E-state index contributed by atoms with van der Waals surface area (Å²) in [5, 5.41) is 0. The van der Waals surface area contributed by atoms with Crippen molar-refractivity contribution in [2.24, 2.45) is 0 Å². The summed E-state index contributed by atoms with van der Waals surface area (Å²) in [5.74, 6) is 0. The zero-order valence-corrected chi connectivity index (χ0v) is 21.1. The van der Waals surface area contributed by atoms with E-state index in [0.29, 0.717) is 0 Å². The molecule has 0 aromatic carbocycles. The number of nitrogens with zero attached hydrogens (tertiary/aromatic N) is 2. The van der Waals surface area contributed by atoms with Gasteiger partial charge in [0.1, 0.15) is 0 Å². The smallest absolute Gasteiger partial charge is 0.0786 e. The zero-order valence-electron chi connectivity index (χ0n) is 21.1. The van der Waals surface area contributed by atoms with E-state index in [1.165, 1.54) is 140 Å². The van der Waals surface area contributed by atoms with Crippen LogP contribution in [0.5, 0.6) is 0 Å². The number of aromatic nitrogens is 1. The molecule has 0 unspecified atom stereocenters. The highest BCUT2D eigenvalue weighted by atomic mass is 15.3. The van der Waals surface area contributed by atoms with Crippen LogP contribution in [0, 0.1) is 0 Å². The summed E-state index contributed by atoms with van der Waals surface area (Å²) in [6.45, 7) is 14.0. The van der Waals surface area contributed by atoms with Crippen LogP contribution in [0.2, 0.25) is 0 Å². The van der Waals surface area contributed by atoms with Gasteiger partial charge in [0.2, 0.25) is 0 Å². The molecule has 0 radical (unpaired) electrons. The third-order valence-electron chi connectivity index (χ3n) is 6.92. The van der Waals surface area contributed by atoms with E-state index in [1.54, 1.807) is 0 Å². The molecule has 0 spiro atoms. The lowest BCUT2D eigenvalue weighted by Crippen LogP contribution is -2.50. The fraction of sp³-hybridized carbons (Fsp3) is 0.857. The molecule has 1 heterocycles. The van der Waals surface area contributed by atoms with Crippen molar-refractivity contribution in [2.45, 2.75) is 130 Å². The van der Waals surface area contributed by atoms with Crippen LogP contribution in [0.25, 0.3) is 0 Å². The molecule has 0 amide bonds. The lowest BCUT2D eigenvalue weighted by atomic mass is 10.1. The van der Waals surface area contributed by atoms with E-state index in [1.807, 2.05) is 0 Å². The van der Waals surface area contributed by atoms with Crippen molar-refractivity contribution in [3.8, 4) is 0 Å². The highest BCUT2D eigenvalue weighted by molar-refractivity contribution is 4.89. The average Bonchev–Trinajstić information content (AvgIpc) is 3.28. The SMILES string of the molecule is CCCC[N+](CCCC)(CCCC)CCCCCCCCCCCCn1cccc1. The predicted molar refractivity (Wildman–Crippen MR) is 135 cm³/mol. The topological polar surface area (TPSA) is 4.93 Å². The monoisotopic (exact) mass is 419 g/mol. The molecule has 0 aliphatic rings. The van der Waals surface area contributed by atoms with Gasteiger partial charge >= 0.3 is 0 Å². The van der Waals surface area contributed by atoms with Gasteiger partial charge in [-0.2, -0.15) is 0 Å². The third kappa shape index (κ3) is 13.5. The lowest BCUT2D eigenvalue weighted by molar-refractivity contribution is -0.929. The summed E-state index contributed by atoms with van der Waals surface area (Å²) < 4.78 is 3.73. The molecule has 0 fully saturated rings. The van der Waals surface area contributed by atoms with Crippen molar-refractivity contribution in [1.82, 2.24) is 4.57 Å². The Morgan fingerprint density at radius 3 is 1.27 bits per heavy atom. The standard InChI is InChI=1S/C28H55N2/c1-4-7-25-30(26-8-5-2,27-9-6-3)28-21-17-15-13-11-10-12-14-16-18-22-29-23-19-20-24-29/h19-20,23-24H,4-18,21-22,25-28H2,1-3H3/q+1. The second kappa shape index (κ2) is 19.0. The van der Waals surface area contributed by atoms with Gasteiger partial charge in [0.25, 0.3) is 0 Å². The molecule has 1 rings (SSSR count). The maximum atomic E-state index is 2.36. The van der Waals surface area contributed by atoms with Gasteiger partial charge in [0, 0.05) is 18.9 Å². The molecule has 2 heteroatoms. The molecule has 0 N–H and O–H groups in total. The molecule has 1 aromatic rings. The first kappa shape index (κ1) is 27.3. The van der Waals surface area contributed by atoms with Crippen LogP contribution >= 0.6 is 0 Å². The van der Waals surface area contributed by atoms with Crippen LogP contribution in [0.4, 0.5) is 0 Å². The first-order valence-electron chi connectivity index (χ1n) is 13.7. The molecule has 0 aliphatic carbocycles. The number of hydrogen-bond acceptors (Lipinski definition) is 0. The average molecular weight is 420 g/mol. The van der Waals surface area contributed by atoms with Crippen LogP contribution in [0.3, 0.4) is 0 Å². The first-order valence-corrected chi connectivity index (χ1v) is 13.7. The van der Waals surface area contributed by atoms with E-state index in [2.05, 4.69) is 49.9 Å². The molecule has 0 bridgehead atoms. The summed E-state index contributed by atoms with van der Waals surface area (Å²) in [5.41, 5.74) is 0. The molecule has 0 saturated heterocycles. The minimum absolute atomic E-state index is 1.20. The molecule has 1 aromatic heterocycles. The van der Waals surface area contributed by atoms with Gasteiger partial charge in [-0.25, -0.2) is 0 Å². The van der Waals surface area contributed by atoms with Crippen LogP contribution in [0.15, 0.2) is 24.5 Å². The highest BCUT2D eigenvalue weighted by Crippen LogP contribution is 2.18. The molecule has 30 heavy (non-hydrogen) atoms. The van der Waals surface area contributed by atoms with Gasteiger partial charge in [-0.3, -0.25) is 0 Å².